The molecule has 0 amide bonds. The Morgan fingerprint density at radius 3 is 2.68 bits per heavy atom. The molecular weight excluding hydrogens is 294 g/mol. The van der Waals surface area contributed by atoms with Gasteiger partial charge in [0.05, 0.1) is 6.61 Å². The zero-order chi connectivity index (χ0) is 14.5. The van der Waals surface area contributed by atoms with Crippen molar-refractivity contribution in [1.82, 2.24) is 0 Å². The number of carbonyl (C=O) groups is 1. The number of ether oxygens (including phenoxy) is 2. The molecule has 0 aliphatic rings. The summed E-state index contributed by atoms with van der Waals surface area (Å²) in [6.07, 6.45) is 0.690. The van der Waals surface area contributed by atoms with Gasteiger partial charge in [0.15, 0.2) is 6.61 Å². The van der Waals surface area contributed by atoms with E-state index in [9.17, 15) is 13.2 Å². The van der Waals surface area contributed by atoms with Crippen LogP contribution in [0, 0.1) is 0 Å². The number of sulfonamides is 1. The number of nitrogens with two attached hydrogens (primary N) is 1. The average Bonchev–Trinajstić information content (AvgIpc) is 2.33. The molecule has 2 N–H and O–H groups in total. The molecule has 0 heterocycles. The third-order valence-corrected chi connectivity index (χ3v) is 3.19. The van der Waals surface area contributed by atoms with Crippen molar-refractivity contribution in [2.75, 3.05) is 13.2 Å². The van der Waals surface area contributed by atoms with Gasteiger partial charge in [-0.15, -0.1) is 0 Å². The molecule has 0 unspecified atom stereocenters. The predicted octanol–water partition coefficient (Wildman–Crippen LogP) is 1.32. The lowest BCUT2D eigenvalue weighted by atomic mass is 10.3. The maximum atomic E-state index is 11.3. The van der Waals surface area contributed by atoms with Crippen molar-refractivity contribution in [2.45, 2.75) is 18.2 Å². The normalized spacial score (nSPS) is 11.1. The lowest BCUT2D eigenvalue weighted by Crippen LogP contribution is -2.18. The Morgan fingerprint density at radius 2 is 2.11 bits per heavy atom. The second kappa shape index (κ2) is 6.74. The summed E-state index contributed by atoms with van der Waals surface area (Å²) in [4.78, 5) is 11.0. The first-order valence-corrected chi connectivity index (χ1v) is 7.37. The Bertz CT molecular complexity index is 558. The van der Waals surface area contributed by atoms with E-state index in [0.29, 0.717) is 6.42 Å². The van der Waals surface area contributed by atoms with Crippen molar-refractivity contribution in [3.05, 3.63) is 23.2 Å². The molecule has 19 heavy (non-hydrogen) atoms. The van der Waals surface area contributed by atoms with Crippen LogP contribution in [-0.4, -0.2) is 27.6 Å². The van der Waals surface area contributed by atoms with Gasteiger partial charge in [0.25, 0.3) is 0 Å². The zero-order valence-corrected chi connectivity index (χ0v) is 11.8. The minimum atomic E-state index is -3.98. The van der Waals surface area contributed by atoms with Gasteiger partial charge >= 0.3 is 5.97 Å². The van der Waals surface area contributed by atoms with Gasteiger partial charge < -0.3 is 9.47 Å². The van der Waals surface area contributed by atoms with Gasteiger partial charge in [-0.05, 0) is 24.6 Å². The highest BCUT2D eigenvalue weighted by Gasteiger charge is 2.17. The molecule has 0 aliphatic carbocycles. The van der Waals surface area contributed by atoms with Crippen LogP contribution in [0.1, 0.15) is 13.3 Å². The minimum Gasteiger partial charge on any atom is -0.480 e. The topological polar surface area (TPSA) is 95.7 Å². The van der Waals surface area contributed by atoms with Gasteiger partial charge in [-0.1, -0.05) is 18.5 Å². The van der Waals surface area contributed by atoms with Gasteiger partial charge in [-0.3, -0.25) is 0 Å². The highest BCUT2D eigenvalue weighted by Crippen LogP contribution is 2.26. The Balaban J connectivity index is 2.82. The second-order valence-electron chi connectivity index (χ2n) is 3.65. The molecule has 106 valence electrons. The quantitative estimate of drug-likeness (QED) is 0.800. The summed E-state index contributed by atoms with van der Waals surface area (Å²) in [5.41, 5.74) is 0. The third-order valence-electron chi connectivity index (χ3n) is 2.02. The number of hydrogen-bond donors (Lipinski definition) is 1. The molecule has 0 saturated heterocycles. The summed E-state index contributed by atoms with van der Waals surface area (Å²) in [7, 11) is -3.98. The van der Waals surface area contributed by atoms with E-state index < -0.39 is 22.6 Å². The smallest absolute Gasteiger partial charge is 0.344 e. The van der Waals surface area contributed by atoms with Crippen LogP contribution in [-0.2, 0) is 19.6 Å². The molecule has 1 aromatic rings. The first-order valence-electron chi connectivity index (χ1n) is 5.45. The van der Waals surface area contributed by atoms with Crippen LogP contribution < -0.4 is 9.88 Å². The number of halogens is 1. The van der Waals surface area contributed by atoms with Crippen LogP contribution in [0.25, 0.3) is 0 Å². The summed E-state index contributed by atoms with van der Waals surface area (Å²) in [6, 6.07) is 3.92. The summed E-state index contributed by atoms with van der Waals surface area (Å²) in [6.45, 7) is 1.74. The molecular formula is C11H14ClNO5S. The van der Waals surface area contributed by atoms with Gasteiger partial charge in [0, 0.05) is 5.02 Å². The fourth-order valence-electron chi connectivity index (χ4n) is 1.22. The highest BCUT2D eigenvalue weighted by atomic mass is 35.5. The molecule has 6 nitrogen and oxygen atoms in total. The predicted molar refractivity (Wildman–Crippen MR) is 69.6 cm³/mol. The molecule has 0 radical (unpaired) electrons. The van der Waals surface area contributed by atoms with Crippen molar-refractivity contribution in [1.29, 1.82) is 0 Å². The molecule has 0 fully saturated rings. The first kappa shape index (κ1) is 15.7. The van der Waals surface area contributed by atoms with Crippen molar-refractivity contribution in [3.63, 3.8) is 0 Å². The van der Waals surface area contributed by atoms with E-state index in [1.165, 1.54) is 12.1 Å². The van der Waals surface area contributed by atoms with Gasteiger partial charge in [0.2, 0.25) is 10.0 Å². The van der Waals surface area contributed by atoms with E-state index in [1.807, 2.05) is 6.92 Å². The summed E-state index contributed by atoms with van der Waals surface area (Å²) < 4.78 is 32.6. The van der Waals surface area contributed by atoms with Crippen LogP contribution >= 0.6 is 11.6 Å². The van der Waals surface area contributed by atoms with Crippen LogP contribution in [0.15, 0.2) is 23.1 Å². The van der Waals surface area contributed by atoms with Gasteiger partial charge in [0.1, 0.15) is 10.6 Å². The summed E-state index contributed by atoms with van der Waals surface area (Å²) in [5.74, 6) is -0.627. The van der Waals surface area contributed by atoms with E-state index in [-0.39, 0.29) is 22.3 Å². The van der Waals surface area contributed by atoms with E-state index in [0.717, 1.165) is 6.07 Å². The van der Waals surface area contributed by atoms with Crippen molar-refractivity contribution < 1.29 is 22.7 Å². The van der Waals surface area contributed by atoms with Crippen LogP contribution in [0.5, 0.6) is 5.75 Å². The lowest BCUT2D eigenvalue weighted by molar-refractivity contribution is -0.146. The number of esters is 1. The molecule has 0 spiro atoms. The van der Waals surface area contributed by atoms with Crippen LogP contribution in [0.3, 0.4) is 0 Å². The van der Waals surface area contributed by atoms with E-state index in [1.54, 1.807) is 0 Å². The number of rotatable bonds is 6. The first-order chi connectivity index (χ1) is 8.84. The number of benzene rings is 1. The summed E-state index contributed by atoms with van der Waals surface area (Å²) >= 11 is 5.69. The maximum Gasteiger partial charge on any atom is 0.344 e. The SMILES string of the molecule is CCCOC(=O)COc1ccc(Cl)cc1S(N)(=O)=O. The molecule has 1 aromatic carbocycles. The zero-order valence-electron chi connectivity index (χ0n) is 10.3. The molecule has 0 saturated carbocycles. The van der Waals surface area contributed by atoms with E-state index in [2.05, 4.69) is 0 Å². The Labute approximate surface area is 116 Å². The molecule has 8 heteroatoms. The molecule has 0 atom stereocenters. The number of carbonyl (C=O) groups excluding carboxylic acids is 1. The third kappa shape index (κ3) is 5.06. The second-order valence-corrected chi connectivity index (χ2v) is 5.61. The van der Waals surface area contributed by atoms with Gasteiger partial charge in [-0.2, -0.15) is 0 Å². The highest BCUT2D eigenvalue weighted by molar-refractivity contribution is 7.89. The molecule has 0 bridgehead atoms. The lowest BCUT2D eigenvalue weighted by Gasteiger charge is -2.10. The Hall–Kier alpha value is -1.31. The molecule has 0 aromatic heterocycles. The number of hydrogen-bond acceptors (Lipinski definition) is 5. The van der Waals surface area contributed by atoms with Crippen LogP contribution in [0.4, 0.5) is 0 Å². The maximum absolute atomic E-state index is 11.3. The van der Waals surface area contributed by atoms with Crippen LogP contribution in [0.2, 0.25) is 5.02 Å². The Morgan fingerprint density at radius 1 is 1.42 bits per heavy atom. The van der Waals surface area contributed by atoms with Crippen molar-refractivity contribution in [3.8, 4) is 5.75 Å². The molecule has 0 aliphatic heterocycles. The number of primary sulfonamides is 1. The fourth-order valence-corrected chi connectivity index (χ4v) is 2.15. The van der Waals surface area contributed by atoms with E-state index in [4.69, 9.17) is 26.2 Å². The monoisotopic (exact) mass is 307 g/mol. The fraction of sp³-hybridized carbons (Fsp3) is 0.364. The van der Waals surface area contributed by atoms with E-state index >= 15 is 0 Å². The van der Waals surface area contributed by atoms with Crippen molar-refractivity contribution in [2.24, 2.45) is 5.14 Å². The standard InChI is InChI=1S/C11H14ClNO5S/c1-2-5-17-11(14)7-18-9-4-3-8(12)6-10(9)19(13,15)16/h3-4,6H,2,5,7H2,1H3,(H2,13,15,16). The molecule has 1 rings (SSSR count). The Kier molecular flexibility index (Phi) is 5.59. The van der Waals surface area contributed by atoms with Crippen molar-refractivity contribution >= 4 is 27.6 Å². The largest absolute Gasteiger partial charge is 0.480 e. The average molecular weight is 308 g/mol. The van der Waals surface area contributed by atoms with Gasteiger partial charge in [-0.25, -0.2) is 18.4 Å². The minimum absolute atomic E-state index is 0.0413. The summed E-state index contributed by atoms with van der Waals surface area (Å²) in [5, 5.41) is 5.23.